The predicted molar refractivity (Wildman–Crippen MR) is 129 cm³/mol. The molecule has 1 N–H and O–H groups in total. The fourth-order valence-corrected chi connectivity index (χ4v) is 4.81. The van der Waals surface area contributed by atoms with Gasteiger partial charge >= 0.3 is 0 Å². The molecule has 31 heavy (non-hydrogen) atoms. The third-order valence-corrected chi connectivity index (χ3v) is 6.58. The maximum atomic E-state index is 12.7. The van der Waals surface area contributed by atoms with Crippen LogP contribution >= 0.6 is 11.8 Å². The summed E-state index contributed by atoms with van der Waals surface area (Å²) in [6.07, 6.45) is 4.72. The number of hydrazone groups is 1. The van der Waals surface area contributed by atoms with Crippen molar-refractivity contribution in [3.8, 4) is 5.69 Å². The van der Waals surface area contributed by atoms with Crippen molar-refractivity contribution < 1.29 is 4.79 Å². The lowest BCUT2D eigenvalue weighted by atomic mass is 10.1. The van der Waals surface area contributed by atoms with Crippen molar-refractivity contribution in [2.24, 2.45) is 10.1 Å². The zero-order valence-corrected chi connectivity index (χ0v) is 19.4. The predicted octanol–water partition coefficient (Wildman–Crippen LogP) is 5.52. The standard InChI is InChI=1S/C24H27N5OS/c1-6-7-8-21-27-29-22(25)19(23(30)26-24(29)31-21)13-18-12-16(4)28(17(18)5)20-11-14(2)9-10-15(20)3/h9-13,25H,6-8H2,1-5H3. The Morgan fingerprint density at radius 2 is 1.94 bits per heavy atom. The molecule has 6 nitrogen and oxygen atoms in total. The number of amidine groups is 2. The van der Waals surface area contributed by atoms with E-state index in [0.29, 0.717) is 5.17 Å². The number of thioether (sulfide) groups is 1. The number of benzene rings is 1. The molecule has 0 atom stereocenters. The van der Waals surface area contributed by atoms with Gasteiger partial charge in [0.2, 0.25) is 5.17 Å². The molecule has 2 aliphatic rings. The molecule has 0 bridgehead atoms. The van der Waals surface area contributed by atoms with Crippen molar-refractivity contribution in [1.82, 2.24) is 9.58 Å². The van der Waals surface area contributed by atoms with Gasteiger partial charge in [-0.1, -0.05) is 25.5 Å². The Morgan fingerprint density at radius 1 is 1.16 bits per heavy atom. The molecule has 0 unspecified atom stereocenters. The molecule has 0 fully saturated rings. The molecule has 0 spiro atoms. The second-order valence-corrected chi connectivity index (χ2v) is 9.11. The first-order valence-electron chi connectivity index (χ1n) is 10.6. The van der Waals surface area contributed by atoms with Crippen LogP contribution < -0.4 is 0 Å². The number of aliphatic imine (C=N–C) groups is 1. The van der Waals surface area contributed by atoms with Gasteiger partial charge in [0, 0.05) is 17.1 Å². The number of fused-ring (bicyclic) bond motifs is 1. The average Bonchev–Trinajstić information content (AvgIpc) is 3.25. The van der Waals surface area contributed by atoms with Crippen molar-refractivity contribution >= 4 is 39.8 Å². The molecule has 0 saturated heterocycles. The molecule has 1 aromatic carbocycles. The van der Waals surface area contributed by atoms with Crippen molar-refractivity contribution in [3.63, 3.8) is 0 Å². The highest BCUT2D eigenvalue weighted by Crippen LogP contribution is 2.31. The highest BCUT2D eigenvalue weighted by atomic mass is 32.2. The van der Waals surface area contributed by atoms with Gasteiger partial charge in [-0.15, -0.1) is 0 Å². The van der Waals surface area contributed by atoms with Crippen LogP contribution in [0.25, 0.3) is 11.8 Å². The summed E-state index contributed by atoms with van der Waals surface area (Å²) in [5.41, 5.74) is 6.79. The van der Waals surface area contributed by atoms with Crippen LogP contribution in [0, 0.1) is 33.1 Å². The fraction of sp³-hybridized carbons (Fsp3) is 0.333. The number of unbranched alkanes of at least 4 members (excludes halogenated alkanes) is 1. The van der Waals surface area contributed by atoms with E-state index in [4.69, 9.17) is 5.41 Å². The second-order valence-electron chi connectivity index (χ2n) is 8.07. The number of aromatic nitrogens is 1. The normalized spacial score (nSPS) is 17.3. The van der Waals surface area contributed by atoms with E-state index in [0.717, 1.165) is 46.9 Å². The molecular weight excluding hydrogens is 406 g/mol. The first-order chi connectivity index (χ1) is 14.8. The van der Waals surface area contributed by atoms with Gasteiger partial charge in [0.25, 0.3) is 5.91 Å². The summed E-state index contributed by atoms with van der Waals surface area (Å²) in [4.78, 5) is 17.0. The van der Waals surface area contributed by atoms with Crippen LogP contribution in [0.4, 0.5) is 0 Å². The van der Waals surface area contributed by atoms with Crippen LogP contribution in [0.2, 0.25) is 0 Å². The summed E-state index contributed by atoms with van der Waals surface area (Å²) < 4.78 is 2.20. The molecule has 0 radical (unpaired) electrons. The van der Waals surface area contributed by atoms with E-state index in [-0.39, 0.29) is 17.3 Å². The van der Waals surface area contributed by atoms with E-state index in [1.807, 2.05) is 6.92 Å². The largest absolute Gasteiger partial charge is 0.318 e. The summed E-state index contributed by atoms with van der Waals surface area (Å²) in [5.74, 6) is -0.294. The van der Waals surface area contributed by atoms with Crippen LogP contribution in [0.3, 0.4) is 0 Å². The van der Waals surface area contributed by atoms with Crippen LogP contribution in [0.5, 0.6) is 0 Å². The van der Waals surface area contributed by atoms with E-state index in [9.17, 15) is 4.79 Å². The number of carbonyl (C=O) groups excluding carboxylic acids is 1. The lowest BCUT2D eigenvalue weighted by Gasteiger charge is -2.20. The quantitative estimate of drug-likeness (QED) is 0.631. The van der Waals surface area contributed by atoms with Crippen LogP contribution in [-0.4, -0.2) is 31.5 Å². The van der Waals surface area contributed by atoms with Crippen molar-refractivity contribution in [1.29, 1.82) is 5.41 Å². The van der Waals surface area contributed by atoms with Gasteiger partial charge in [0.05, 0.1) is 5.57 Å². The molecule has 1 aromatic heterocycles. The number of aryl methyl sites for hydroxylation is 3. The van der Waals surface area contributed by atoms with Gasteiger partial charge < -0.3 is 4.57 Å². The maximum Gasteiger partial charge on any atom is 0.283 e. The van der Waals surface area contributed by atoms with Crippen LogP contribution in [-0.2, 0) is 4.79 Å². The molecule has 0 aliphatic carbocycles. The highest BCUT2D eigenvalue weighted by molar-refractivity contribution is 8.26. The first-order valence-corrected chi connectivity index (χ1v) is 11.4. The molecule has 3 heterocycles. The van der Waals surface area contributed by atoms with E-state index >= 15 is 0 Å². The molecular formula is C24H27N5OS. The monoisotopic (exact) mass is 433 g/mol. The average molecular weight is 434 g/mol. The third-order valence-electron chi connectivity index (χ3n) is 5.62. The lowest BCUT2D eigenvalue weighted by Crippen LogP contribution is -2.35. The number of hydrogen-bond donors (Lipinski definition) is 1. The van der Waals surface area contributed by atoms with E-state index in [2.05, 4.69) is 66.6 Å². The van der Waals surface area contributed by atoms with Crippen LogP contribution in [0.1, 0.15) is 54.3 Å². The summed E-state index contributed by atoms with van der Waals surface area (Å²) in [7, 11) is 0. The zero-order valence-electron chi connectivity index (χ0n) is 18.6. The van der Waals surface area contributed by atoms with Gasteiger partial charge in [-0.25, -0.2) is 0 Å². The Bertz CT molecular complexity index is 1180. The minimum atomic E-state index is -0.382. The Kier molecular flexibility index (Phi) is 5.71. The Morgan fingerprint density at radius 3 is 2.68 bits per heavy atom. The molecule has 2 aliphatic heterocycles. The van der Waals surface area contributed by atoms with Crippen molar-refractivity contribution in [2.45, 2.75) is 53.9 Å². The summed E-state index contributed by atoms with van der Waals surface area (Å²) in [5, 5.41) is 16.0. The molecule has 2 aromatic rings. The molecule has 1 amide bonds. The number of nitrogens with one attached hydrogen (secondary N) is 1. The number of nitrogens with zero attached hydrogens (tertiary/aromatic N) is 4. The van der Waals surface area contributed by atoms with Gasteiger partial charge in [-0.3, -0.25) is 10.2 Å². The SMILES string of the molecule is CCCCC1=NN2C(=N)C(=Cc3cc(C)n(-c4cc(C)ccc4C)c3C)C(=O)N=C2S1. The zero-order chi connectivity index (χ0) is 22.3. The molecule has 4 rings (SSSR count). The maximum absolute atomic E-state index is 12.7. The molecule has 0 saturated carbocycles. The molecule has 7 heteroatoms. The number of hydrogen-bond acceptors (Lipinski definition) is 4. The van der Waals surface area contributed by atoms with Gasteiger partial charge in [-0.2, -0.15) is 15.1 Å². The smallest absolute Gasteiger partial charge is 0.283 e. The van der Waals surface area contributed by atoms with Crippen molar-refractivity contribution in [3.05, 3.63) is 57.9 Å². The Labute approximate surface area is 187 Å². The summed E-state index contributed by atoms with van der Waals surface area (Å²) in [6, 6.07) is 8.46. The Balaban J connectivity index is 1.72. The fourth-order valence-electron chi connectivity index (χ4n) is 3.88. The first kappa shape index (κ1) is 21.3. The second kappa shape index (κ2) is 8.30. The minimum Gasteiger partial charge on any atom is -0.318 e. The van der Waals surface area contributed by atoms with E-state index < -0.39 is 0 Å². The minimum absolute atomic E-state index is 0.0885. The van der Waals surface area contributed by atoms with Gasteiger partial charge in [-0.05, 0) is 87.2 Å². The summed E-state index contributed by atoms with van der Waals surface area (Å²) >= 11 is 1.39. The van der Waals surface area contributed by atoms with E-state index in [1.165, 1.54) is 27.9 Å². The Hall–Kier alpha value is -2.93. The van der Waals surface area contributed by atoms with Crippen molar-refractivity contribution in [2.75, 3.05) is 0 Å². The van der Waals surface area contributed by atoms with Crippen LogP contribution in [0.15, 0.2) is 39.9 Å². The lowest BCUT2D eigenvalue weighted by molar-refractivity contribution is -0.114. The van der Waals surface area contributed by atoms with Gasteiger partial charge in [0.15, 0.2) is 5.84 Å². The topological polar surface area (TPSA) is 73.8 Å². The molecule has 160 valence electrons. The number of rotatable bonds is 5. The van der Waals surface area contributed by atoms with E-state index in [1.54, 1.807) is 6.08 Å². The summed E-state index contributed by atoms with van der Waals surface area (Å²) in [6.45, 7) is 10.4. The van der Waals surface area contributed by atoms with Gasteiger partial charge in [0.1, 0.15) is 5.04 Å². The number of carbonyl (C=O) groups is 1. The number of amides is 1. The highest BCUT2D eigenvalue weighted by Gasteiger charge is 2.35. The third kappa shape index (κ3) is 3.90.